The Bertz CT molecular complexity index is 727. The predicted molar refractivity (Wildman–Crippen MR) is 104 cm³/mol. The number of hydrogen-bond donors (Lipinski definition) is 1. The van der Waals surface area contributed by atoms with E-state index in [1.807, 2.05) is 0 Å². The standard InChI is InChI=1S/C20H30N2O4S/c1-16-7-3-4-8-19(16)21-20(23)15-26-17-9-11-18(12-10-17)27(24,25)22-13-5-2-6-14-22/h9-12,16,19H,2-8,13-15H2,1H3,(H,21,23). The summed E-state index contributed by atoms with van der Waals surface area (Å²) in [6.07, 6.45) is 7.47. The van der Waals surface area contributed by atoms with Gasteiger partial charge in [0.25, 0.3) is 5.91 Å². The van der Waals surface area contributed by atoms with E-state index < -0.39 is 10.0 Å². The number of rotatable bonds is 6. The number of benzene rings is 1. The molecule has 6 nitrogen and oxygen atoms in total. The van der Waals surface area contributed by atoms with Crippen LogP contribution in [0.5, 0.6) is 5.75 Å². The zero-order valence-electron chi connectivity index (χ0n) is 16.0. The molecule has 1 aromatic rings. The van der Waals surface area contributed by atoms with Crippen molar-refractivity contribution in [2.24, 2.45) is 5.92 Å². The van der Waals surface area contributed by atoms with E-state index in [1.54, 1.807) is 28.6 Å². The lowest BCUT2D eigenvalue weighted by molar-refractivity contribution is -0.124. The smallest absolute Gasteiger partial charge is 0.258 e. The SMILES string of the molecule is CC1CCCCC1NC(=O)COc1ccc(S(=O)(=O)N2CCCCC2)cc1. The van der Waals surface area contributed by atoms with Crippen LogP contribution in [0.15, 0.2) is 29.2 Å². The molecule has 2 fully saturated rings. The van der Waals surface area contributed by atoms with Gasteiger partial charge in [0.1, 0.15) is 5.75 Å². The highest BCUT2D eigenvalue weighted by molar-refractivity contribution is 7.89. The van der Waals surface area contributed by atoms with Crippen molar-refractivity contribution in [3.63, 3.8) is 0 Å². The van der Waals surface area contributed by atoms with Crippen molar-refractivity contribution < 1.29 is 17.9 Å². The third kappa shape index (κ3) is 5.23. The summed E-state index contributed by atoms with van der Waals surface area (Å²) in [5.74, 6) is 0.875. The van der Waals surface area contributed by atoms with Crippen molar-refractivity contribution >= 4 is 15.9 Å². The molecular formula is C20H30N2O4S. The molecule has 2 atom stereocenters. The van der Waals surface area contributed by atoms with Crippen molar-refractivity contribution in [1.82, 2.24) is 9.62 Å². The van der Waals surface area contributed by atoms with E-state index >= 15 is 0 Å². The quantitative estimate of drug-likeness (QED) is 0.805. The van der Waals surface area contributed by atoms with Crippen molar-refractivity contribution in [3.8, 4) is 5.75 Å². The van der Waals surface area contributed by atoms with Crippen molar-refractivity contribution in [1.29, 1.82) is 0 Å². The number of carbonyl (C=O) groups excluding carboxylic acids is 1. The maximum atomic E-state index is 12.6. The summed E-state index contributed by atoms with van der Waals surface area (Å²) in [6.45, 7) is 3.29. The molecule has 7 heteroatoms. The monoisotopic (exact) mass is 394 g/mol. The lowest BCUT2D eigenvalue weighted by atomic mass is 9.86. The number of nitrogens with zero attached hydrogens (tertiary/aromatic N) is 1. The molecule has 1 saturated heterocycles. The number of nitrogens with one attached hydrogen (secondary N) is 1. The molecule has 0 spiro atoms. The molecule has 2 aliphatic rings. The zero-order chi connectivity index (χ0) is 19.3. The summed E-state index contributed by atoms with van der Waals surface area (Å²) in [5, 5.41) is 3.05. The van der Waals surface area contributed by atoms with Gasteiger partial charge >= 0.3 is 0 Å². The summed E-state index contributed by atoms with van der Waals surface area (Å²) < 4.78 is 32.4. The van der Waals surface area contributed by atoms with Gasteiger partial charge in [-0.05, 0) is 55.9 Å². The lowest BCUT2D eigenvalue weighted by Crippen LogP contribution is -2.43. The minimum Gasteiger partial charge on any atom is -0.484 e. The molecule has 150 valence electrons. The van der Waals surface area contributed by atoms with Gasteiger partial charge in [-0.3, -0.25) is 4.79 Å². The van der Waals surface area contributed by atoms with Gasteiger partial charge in [-0.25, -0.2) is 8.42 Å². The largest absolute Gasteiger partial charge is 0.484 e. The van der Waals surface area contributed by atoms with E-state index in [1.165, 1.54) is 6.42 Å². The van der Waals surface area contributed by atoms with E-state index in [0.29, 0.717) is 24.8 Å². The Kier molecular flexibility index (Phi) is 6.76. The average Bonchev–Trinajstić information content (AvgIpc) is 2.69. The molecule has 0 bridgehead atoms. The second kappa shape index (κ2) is 9.06. The topological polar surface area (TPSA) is 75.7 Å². The molecule has 0 radical (unpaired) electrons. The highest BCUT2D eigenvalue weighted by Gasteiger charge is 2.26. The third-order valence-corrected chi connectivity index (χ3v) is 7.52. The first-order valence-corrected chi connectivity index (χ1v) is 11.4. The molecule has 0 aromatic heterocycles. The summed E-state index contributed by atoms with van der Waals surface area (Å²) >= 11 is 0. The van der Waals surface area contributed by atoms with Crippen LogP contribution >= 0.6 is 0 Å². The lowest BCUT2D eigenvalue weighted by Gasteiger charge is -2.29. The minimum atomic E-state index is -3.44. The number of sulfonamides is 1. The van der Waals surface area contributed by atoms with Gasteiger partial charge in [0.05, 0.1) is 4.90 Å². The number of piperidine rings is 1. The Morgan fingerprint density at radius 3 is 2.41 bits per heavy atom. The Labute approximate surface area is 162 Å². The van der Waals surface area contributed by atoms with Crippen LogP contribution < -0.4 is 10.1 Å². The predicted octanol–water partition coefficient (Wildman–Crippen LogP) is 2.93. The summed E-state index contributed by atoms with van der Waals surface area (Å²) in [5.41, 5.74) is 0. The number of carbonyl (C=O) groups is 1. The van der Waals surface area contributed by atoms with E-state index in [4.69, 9.17) is 4.74 Å². The molecule has 3 rings (SSSR count). The second-order valence-corrected chi connectivity index (χ2v) is 9.60. The molecule has 1 aliphatic heterocycles. The zero-order valence-corrected chi connectivity index (χ0v) is 16.8. The molecule has 27 heavy (non-hydrogen) atoms. The molecule has 1 aromatic carbocycles. The molecule has 1 heterocycles. The van der Waals surface area contributed by atoms with Crippen LogP contribution in [0.3, 0.4) is 0 Å². The van der Waals surface area contributed by atoms with Crippen LogP contribution in [-0.4, -0.2) is 44.4 Å². The number of ether oxygens (including phenoxy) is 1. The first kappa shape index (κ1) is 20.1. The fourth-order valence-electron chi connectivity index (χ4n) is 3.89. The fraction of sp³-hybridized carbons (Fsp3) is 0.650. The van der Waals surface area contributed by atoms with Gasteiger partial charge < -0.3 is 10.1 Å². The van der Waals surface area contributed by atoms with Gasteiger partial charge in [0.15, 0.2) is 6.61 Å². The van der Waals surface area contributed by atoms with Crippen molar-refractivity contribution in [2.45, 2.75) is 62.8 Å². The van der Waals surface area contributed by atoms with Crippen LogP contribution in [0.1, 0.15) is 51.9 Å². The third-order valence-electron chi connectivity index (χ3n) is 5.60. The summed E-state index contributed by atoms with van der Waals surface area (Å²) in [7, 11) is -3.44. The molecule has 2 unspecified atom stereocenters. The molecule has 1 amide bonds. The van der Waals surface area contributed by atoms with Crippen LogP contribution in [0.4, 0.5) is 0 Å². The first-order chi connectivity index (χ1) is 13.0. The Hall–Kier alpha value is -1.60. The van der Waals surface area contributed by atoms with Crippen LogP contribution in [0.2, 0.25) is 0 Å². The molecular weight excluding hydrogens is 364 g/mol. The Balaban J connectivity index is 1.52. The minimum absolute atomic E-state index is 0.0541. The summed E-state index contributed by atoms with van der Waals surface area (Å²) in [4.78, 5) is 12.4. The van der Waals surface area contributed by atoms with Crippen molar-refractivity contribution in [2.75, 3.05) is 19.7 Å². The first-order valence-electron chi connectivity index (χ1n) is 9.99. The van der Waals surface area contributed by atoms with Gasteiger partial charge in [-0.2, -0.15) is 4.31 Å². The van der Waals surface area contributed by atoms with Crippen LogP contribution in [-0.2, 0) is 14.8 Å². The van der Waals surface area contributed by atoms with E-state index in [0.717, 1.165) is 38.5 Å². The maximum absolute atomic E-state index is 12.6. The maximum Gasteiger partial charge on any atom is 0.258 e. The highest BCUT2D eigenvalue weighted by Crippen LogP contribution is 2.24. The normalized spacial score (nSPS) is 24.3. The second-order valence-electron chi connectivity index (χ2n) is 7.66. The Morgan fingerprint density at radius 1 is 1.07 bits per heavy atom. The highest BCUT2D eigenvalue weighted by atomic mass is 32.2. The summed E-state index contributed by atoms with van der Waals surface area (Å²) in [6, 6.07) is 6.58. The van der Waals surface area contributed by atoms with Crippen molar-refractivity contribution in [3.05, 3.63) is 24.3 Å². The molecule has 1 aliphatic carbocycles. The van der Waals surface area contributed by atoms with Gasteiger partial charge in [0, 0.05) is 19.1 Å². The average molecular weight is 395 g/mol. The van der Waals surface area contributed by atoms with E-state index in [-0.39, 0.29) is 23.5 Å². The fourth-order valence-corrected chi connectivity index (χ4v) is 5.41. The van der Waals surface area contributed by atoms with Crippen LogP contribution in [0, 0.1) is 5.92 Å². The van der Waals surface area contributed by atoms with Gasteiger partial charge in [-0.1, -0.05) is 26.2 Å². The number of amides is 1. The molecule has 1 saturated carbocycles. The van der Waals surface area contributed by atoms with E-state index in [9.17, 15) is 13.2 Å². The number of hydrogen-bond acceptors (Lipinski definition) is 4. The van der Waals surface area contributed by atoms with E-state index in [2.05, 4.69) is 12.2 Å². The van der Waals surface area contributed by atoms with Gasteiger partial charge in [-0.15, -0.1) is 0 Å². The molecule has 1 N–H and O–H groups in total. The van der Waals surface area contributed by atoms with Crippen LogP contribution in [0.25, 0.3) is 0 Å². The van der Waals surface area contributed by atoms with Gasteiger partial charge in [0.2, 0.25) is 10.0 Å². The Morgan fingerprint density at radius 2 is 1.74 bits per heavy atom.